The van der Waals surface area contributed by atoms with Gasteiger partial charge in [-0.3, -0.25) is 0 Å². The van der Waals surface area contributed by atoms with Crippen molar-refractivity contribution in [2.24, 2.45) is 0 Å². The molecule has 66 heavy (non-hydrogen) atoms. The largest absolute Gasteiger partial charge is 0.456 e. The zero-order valence-electron chi connectivity index (χ0n) is 40.7. The van der Waals surface area contributed by atoms with Gasteiger partial charge in [-0.1, -0.05) is 116 Å². The van der Waals surface area contributed by atoms with Gasteiger partial charge in [0.25, 0.3) is 6.71 Å². The Labute approximate surface area is 392 Å². The molecule has 6 aromatic carbocycles. The molecule has 7 aromatic rings. The van der Waals surface area contributed by atoms with Crippen molar-refractivity contribution in [3.05, 3.63) is 131 Å². The van der Waals surface area contributed by atoms with Gasteiger partial charge in [0.2, 0.25) is 0 Å². The number of anilines is 7. The van der Waals surface area contributed by atoms with E-state index in [0.717, 1.165) is 11.2 Å². The molecule has 7 aliphatic rings. The van der Waals surface area contributed by atoms with Gasteiger partial charge in [0.05, 0.1) is 11.1 Å². The Bertz CT molecular complexity index is 3300. The molecule has 4 nitrogen and oxygen atoms in total. The molecule has 4 aliphatic heterocycles. The maximum absolute atomic E-state index is 6.49. The van der Waals surface area contributed by atoms with Crippen molar-refractivity contribution < 1.29 is 4.42 Å². The summed E-state index contributed by atoms with van der Waals surface area (Å²) < 4.78 is 6.49. The van der Waals surface area contributed by atoms with Gasteiger partial charge in [0.15, 0.2) is 0 Å². The number of rotatable bonds is 2. The molecule has 332 valence electrons. The first-order valence-electron chi connectivity index (χ1n) is 25.5. The summed E-state index contributed by atoms with van der Waals surface area (Å²) in [5.74, 6) is 0. The Hall–Kier alpha value is -5.42. The van der Waals surface area contributed by atoms with E-state index in [-0.39, 0.29) is 39.5 Å². The van der Waals surface area contributed by atoms with Gasteiger partial charge < -0.3 is 19.1 Å². The highest BCUT2D eigenvalue weighted by atomic mass is 16.3. The van der Waals surface area contributed by atoms with Gasteiger partial charge in [-0.05, 0) is 169 Å². The van der Waals surface area contributed by atoms with Gasteiger partial charge in [-0.15, -0.1) is 0 Å². The van der Waals surface area contributed by atoms with Crippen molar-refractivity contribution >= 4 is 84.9 Å². The normalized spacial score (nSPS) is 28.1. The van der Waals surface area contributed by atoms with Crippen molar-refractivity contribution in [3.63, 3.8) is 0 Å². The average Bonchev–Trinajstić information content (AvgIpc) is 3.85. The Balaban J connectivity index is 1.05. The Morgan fingerprint density at radius 1 is 0.470 bits per heavy atom. The molecule has 4 unspecified atom stereocenters. The molecule has 2 saturated carbocycles. The molecule has 0 amide bonds. The fraction of sp³-hybridized carbons (Fsp3) is 0.410. The second-order valence-electron chi connectivity index (χ2n) is 24.2. The molecule has 3 aliphatic carbocycles. The van der Waals surface area contributed by atoms with E-state index in [9.17, 15) is 0 Å². The zero-order valence-corrected chi connectivity index (χ0v) is 40.7. The first-order chi connectivity index (χ1) is 31.6. The Morgan fingerprint density at radius 2 is 1.12 bits per heavy atom. The molecule has 0 N–H and O–H groups in total. The lowest BCUT2D eigenvalue weighted by Gasteiger charge is -2.53. The minimum Gasteiger partial charge on any atom is -0.456 e. The van der Waals surface area contributed by atoms with Crippen molar-refractivity contribution in [1.29, 1.82) is 0 Å². The molecule has 5 heteroatoms. The summed E-state index contributed by atoms with van der Waals surface area (Å²) in [6.07, 6.45) is 12.4. The highest BCUT2D eigenvalue weighted by molar-refractivity contribution is 7.00. The summed E-state index contributed by atoms with van der Waals surface area (Å²) in [6.45, 7) is 22.9. The summed E-state index contributed by atoms with van der Waals surface area (Å²) in [4.78, 5) is 8.38. The average molecular weight is 866 g/mol. The molecule has 2 fully saturated rings. The summed E-state index contributed by atoms with van der Waals surface area (Å²) in [5.41, 5.74) is 23.5. The number of fused-ring (bicyclic) bond motifs is 14. The molecule has 4 atom stereocenters. The van der Waals surface area contributed by atoms with Crippen molar-refractivity contribution in [1.82, 2.24) is 0 Å². The van der Waals surface area contributed by atoms with E-state index in [2.05, 4.69) is 180 Å². The molecule has 0 spiro atoms. The van der Waals surface area contributed by atoms with Crippen LogP contribution in [0.3, 0.4) is 0 Å². The number of furan rings is 1. The van der Waals surface area contributed by atoms with E-state index in [1.54, 1.807) is 22.3 Å². The van der Waals surface area contributed by atoms with E-state index < -0.39 is 0 Å². The lowest BCUT2D eigenvalue weighted by Crippen LogP contribution is -2.64. The minimum absolute atomic E-state index is 0.00594. The quantitative estimate of drug-likeness (QED) is 0.162. The molecule has 14 rings (SSSR count). The van der Waals surface area contributed by atoms with Crippen LogP contribution in [0.4, 0.5) is 39.8 Å². The van der Waals surface area contributed by atoms with Crippen LogP contribution in [0.2, 0.25) is 0 Å². The first-order valence-corrected chi connectivity index (χ1v) is 25.5. The number of hydrogen-bond acceptors (Lipinski definition) is 4. The Morgan fingerprint density at radius 3 is 1.89 bits per heavy atom. The topological polar surface area (TPSA) is 22.9 Å². The van der Waals surface area contributed by atoms with Gasteiger partial charge in [-0.25, -0.2) is 0 Å². The number of benzene rings is 6. The van der Waals surface area contributed by atoms with Gasteiger partial charge in [-0.2, -0.15) is 0 Å². The number of nitrogens with zero attached hydrogens (tertiary/aromatic N) is 3. The molecule has 0 radical (unpaired) electrons. The second kappa shape index (κ2) is 12.6. The zero-order chi connectivity index (χ0) is 45.1. The minimum atomic E-state index is -0.0669. The van der Waals surface area contributed by atoms with Crippen LogP contribution in [-0.2, 0) is 21.7 Å². The standard InChI is InChI=1S/C61H64BN3O/c1-37-31-50-54-51(32-37)65-55-42(58(6)25-12-15-28-61(58,65)9)18-16-19-47(55)62(54)46-23-21-39(34-49(46)63(50)38-22-24-53-41(33-38)40-17-10-11-20-52(40)66-53)64-48-36-44-43(56(2,3)29-30-57(44,4)5)35-45(48)59(7)26-13-14-27-60(59,64)8/h10-11,16-24,31-36H,12-15,25-30H2,1-9H3. The number of para-hydroxylation sites is 2. The van der Waals surface area contributed by atoms with Crippen LogP contribution in [0.5, 0.6) is 0 Å². The number of hydrogen-bond donors (Lipinski definition) is 0. The summed E-state index contributed by atoms with van der Waals surface area (Å²) in [5, 5.41) is 2.33. The van der Waals surface area contributed by atoms with Crippen LogP contribution in [0, 0.1) is 6.92 Å². The van der Waals surface area contributed by atoms with E-state index in [1.165, 1.54) is 137 Å². The molecule has 0 bridgehead atoms. The predicted octanol–water partition coefficient (Wildman–Crippen LogP) is 14.3. The third kappa shape index (κ3) is 4.64. The van der Waals surface area contributed by atoms with Crippen molar-refractivity contribution in [2.75, 3.05) is 14.7 Å². The van der Waals surface area contributed by atoms with Crippen LogP contribution >= 0.6 is 0 Å². The number of aryl methyl sites for hydroxylation is 1. The second-order valence-corrected chi connectivity index (χ2v) is 24.2. The first kappa shape index (κ1) is 39.7. The lowest BCUT2D eigenvalue weighted by molar-refractivity contribution is 0.194. The van der Waals surface area contributed by atoms with Crippen molar-refractivity contribution in [3.8, 4) is 0 Å². The SMILES string of the molecule is Cc1cc2c3c(c1)N1c4c(cccc4C4(C)CCCCC14C)B3c1ccc(N3c4cc5c(cc4C4(C)CCCCC34C)C(C)(C)CCC5(C)C)cc1N2c1ccc2oc3ccccc3c2c1. The van der Waals surface area contributed by atoms with E-state index in [1.807, 2.05) is 0 Å². The molecular weight excluding hydrogens is 802 g/mol. The summed E-state index contributed by atoms with van der Waals surface area (Å²) in [6, 6.07) is 41.0. The predicted molar refractivity (Wildman–Crippen MR) is 279 cm³/mol. The molecule has 5 heterocycles. The van der Waals surface area contributed by atoms with Crippen molar-refractivity contribution in [2.45, 2.75) is 159 Å². The van der Waals surface area contributed by atoms with Crippen LogP contribution < -0.4 is 31.1 Å². The van der Waals surface area contributed by atoms with Crippen LogP contribution in [0.15, 0.2) is 108 Å². The monoisotopic (exact) mass is 866 g/mol. The van der Waals surface area contributed by atoms with Gasteiger partial charge >= 0.3 is 0 Å². The van der Waals surface area contributed by atoms with Crippen LogP contribution in [0.1, 0.15) is 147 Å². The summed E-state index contributed by atoms with van der Waals surface area (Å²) >= 11 is 0. The van der Waals surface area contributed by atoms with E-state index in [4.69, 9.17) is 4.42 Å². The molecule has 1 aromatic heterocycles. The van der Waals surface area contributed by atoms with Gasteiger partial charge in [0, 0.05) is 61.4 Å². The lowest BCUT2D eigenvalue weighted by atomic mass is 9.33. The highest BCUT2D eigenvalue weighted by Crippen LogP contribution is 2.65. The third-order valence-electron chi connectivity index (χ3n) is 20.0. The maximum Gasteiger partial charge on any atom is 0.252 e. The van der Waals surface area contributed by atoms with Crippen LogP contribution in [-0.4, -0.2) is 17.8 Å². The van der Waals surface area contributed by atoms with Gasteiger partial charge in [0.1, 0.15) is 11.2 Å². The highest BCUT2D eigenvalue weighted by Gasteiger charge is 2.62. The third-order valence-corrected chi connectivity index (χ3v) is 20.0. The summed E-state index contributed by atoms with van der Waals surface area (Å²) in [7, 11) is 0. The maximum atomic E-state index is 6.49. The van der Waals surface area contributed by atoms with E-state index >= 15 is 0 Å². The molecular formula is C61H64BN3O. The Kier molecular flexibility index (Phi) is 7.56. The fourth-order valence-electron chi connectivity index (χ4n) is 15.9. The molecule has 0 saturated heterocycles. The van der Waals surface area contributed by atoms with Crippen LogP contribution in [0.25, 0.3) is 21.9 Å². The van der Waals surface area contributed by atoms with E-state index in [0.29, 0.717) is 0 Å². The fourth-order valence-corrected chi connectivity index (χ4v) is 15.9. The smallest absolute Gasteiger partial charge is 0.252 e.